The molecule has 0 bridgehead atoms. The van der Waals surface area contributed by atoms with Crippen LogP contribution in [0.4, 0.5) is 4.79 Å². The van der Waals surface area contributed by atoms with Gasteiger partial charge < -0.3 is 49.1 Å². The number of hydrogen-bond donors (Lipinski definition) is 2. The average Bonchev–Trinajstić information content (AvgIpc) is 0.839. The maximum atomic E-state index is 11.7. The van der Waals surface area contributed by atoms with Crippen LogP contribution in [0.15, 0.2) is 230 Å². The first-order chi connectivity index (χ1) is 47.5. The summed E-state index contributed by atoms with van der Waals surface area (Å²) in [5.41, 5.74) is 0.211. The number of aliphatic carboxylic acids is 1. The Hall–Kier alpha value is -7.93. The van der Waals surface area contributed by atoms with Crippen LogP contribution in [0.1, 0.15) is 159 Å². The predicted molar refractivity (Wildman–Crippen MR) is 386 cm³/mol. The number of aryl methyl sites for hydroxylation is 1. The van der Waals surface area contributed by atoms with Gasteiger partial charge in [0.15, 0.2) is 35.3 Å². The molecule has 0 unspecified atom stereocenters. The minimum Gasteiger partial charge on any atom is -0.872 e. The van der Waals surface area contributed by atoms with E-state index in [0.717, 1.165) is 89.8 Å². The Balaban J connectivity index is 0.000000216. The zero-order valence-electron chi connectivity index (χ0n) is 58.2. The Kier molecular flexibility index (Phi) is 38.8. The van der Waals surface area contributed by atoms with E-state index < -0.39 is 29.3 Å². The number of likely N-dealkylation sites (tertiary alicyclic amines) is 1. The van der Waals surface area contributed by atoms with Crippen LogP contribution < -0.4 is 10.2 Å². The number of amides is 1. The summed E-state index contributed by atoms with van der Waals surface area (Å²) in [6.07, 6.45) is 18.2. The highest BCUT2D eigenvalue weighted by atomic mass is 32.2. The molecule has 0 atom stereocenters. The molecule has 7 aromatic rings. The SMILES string of the molecule is CCC(C)(C)OC(=O)N1CCC(O)CC1.CCCCCCCCCCCC(=O)OCCN1CCOCC1.Cc1ccc(C(=O)O)c([O-])c1.O=C([O-])C(=O)OC1CCCCC1.c1ccc([S+](c2ccccc2)c2ccccc2)cc1.c1ccc([S+](c2ccccc2)c2ccccc2)cc1. The van der Waals surface area contributed by atoms with Gasteiger partial charge in [-0.2, -0.15) is 0 Å². The molecule has 528 valence electrons. The van der Waals surface area contributed by atoms with E-state index in [4.69, 9.17) is 19.3 Å². The number of carbonyl (C=O) groups excluding carboxylic acids is 4. The van der Waals surface area contributed by atoms with Crippen LogP contribution in [0.2, 0.25) is 0 Å². The molecule has 17 heteroatoms. The molecule has 0 spiro atoms. The lowest BCUT2D eigenvalue weighted by Crippen LogP contribution is -2.43. The van der Waals surface area contributed by atoms with Crippen LogP contribution in [0.3, 0.4) is 0 Å². The van der Waals surface area contributed by atoms with Crippen molar-refractivity contribution in [1.82, 2.24) is 9.80 Å². The largest absolute Gasteiger partial charge is 0.872 e. The first-order valence-electron chi connectivity index (χ1n) is 34.8. The molecule has 2 heterocycles. The van der Waals surface area contributed by atoms with E-state index in [2.05, 4.69) is 199 Å². The van der Waals surface area contributed by atoms with Gasteiger partial charge in [0, 0.05) is 39.1 Å². The van der Waals surface area contributed by atoms with Crippen LogP contribution in [-0.2, 0) is 55.1 Å². The minimum atomic E-state index is -1.75. The second kappa shape index (κ2) is 47.1. The van der Waals surface area contributed by atoms with Crippen LogP contribution in [0.5, 0.6) is 5.75 Å². The lowest BCUT2D eigenvalue weighted by molar-refractivity contribution is -0.304. The normalized spacial score (nSPS) is 13.9. The fourth-order valence-corrected chi connectivity index (χ4v) is 14.7. The molecule has 98 heavy (non-hydrogen) atoms. The number of unbranched alkanes of at least 4 members (excludes halogenated alkanes) is 8. The topological polar surface area (TPSA) is 215 Å². The van der Waals surface area contributed by atoms with Crippen molar-refractivity contribution in [3.8, 4) is 5.75 Å². The molecule has 1 aliphatic carbocycles. The van der Waals surface area contributed by atoms with Crippen molar-refractivity contribution in [1.29, 1.82) is 0 Å². The summed E-state index contributed by atoms with van der Waals surface area (Å²) < 4.78 is 20.6. The van der Waals surface area contributed by atoms with E-state index in [1.165, 1.54) is 86.5 Å². The smallest absolute Gasteiger partial charge is 0.410 e. The molecule has 0 aromatic heterocycles. The number of ether oxygens (including phenoxy) is 4. The quantitative estimate of drug-likeness (QED) is 0.0200. The summed E-state index contributed by atoms with van der Waals surface area (Å²) in [5, 5.41) is 38.7. The monoisotopic (exact) mass is 1380 g/mol. The molecule has 1 saturated carbocycles. The zero-order valence-corrected chi connectivity index (χ0v) is 59.8. The van der Waals surface area contributed by atoms with Gasteiger partial charge in [-0.3, -0.25) is 9.69 Å². The number of aromatic carboxylic acids is 1. The van der Waals surface area contributed by atoms with E-state index >= 15 is 0 Å². The first-order valence-corrected chi connectivity index (χ1v) is 37.3. The van der Waals surface area contributed by atoms with Gasteiger partial charge in [-0.05, 0) is 151 Å². The van der Waals surface area contributed by atoms with Gasteiger partial charge in [0.1, 0.15) is 18.3 Å². The highest BCUT2D eigenvalue weighted by Gasteiger charge is 2.30. The van der Waals surface area contributed by atoms with Crippen LogP contribution >= 0.6 is 0 Å². The molecule has 2 aliphatic heterocycles. The Morgan fingerprint density at radius 1 is 0.561 bits per heavy atom. The zero-order chi connectivity index (χ0) is 70.6. The molecule has 10 rings (SSSR count). The molecular weight excluding hydrogens is 1270 g/mol. The number of carboxylic acids is 2. The number of nitrogens with zero attached hydrogens (tertiary/aromatic N) is 2. The molecular formula is C81H104N2O13S2. The number of aliphatic hydroxyl groups excluding tert-OH is 1. The highest BCUT2D eigenvalue weighted by molar-refractivity contribution is 7.97. The number of rotatable bonds is 23. The lowest BCUT2D eigenvalue weighted by Gasteiger charge is -2.32. The summed E-state index contributed by atoms with van der Waals surface area (Å²) >= 11 is 0. The number of carboxylic acid groups (broad SMARTS) is 2. The molecule has 0 radical (unpaired) electrons. The number of carbonyl (C=O) groups is 5. The third kappa shape index (κ3) is 32.2. The van der Waals surface area contributed by atoms with Gasteiger partial charge >= 0.3 is 24.0 Å². The summed E-state index contributed by atoms with van der Waals surface area (Å²) in [7, 11) is -0.0293. The van der Waals surface area contributed by atoms with Crippen LogP contribution in [-0.4, -0.2) is 120 Å². The number of benzene rings is 7. The predicted octanol–water partition coefficient (Wildman–Crippen LogP) is 15.5. The number of aliphatic hydroxyl groups is 1. The van der Waals surface area contributed by atoms with Gasteiger partial charge in [-0.25, -0.2) is 14.4 Å². The fraction of sp³-hybridized carbons (Fsp3) is 0.420. The number of piperidine rings is 1. The van der Waals surface area contributed by atoms with Crippen molar-refractivity contribution < 1.29 is 63.3 Å². The van der Waals surface area contributed by atoms with Gasteiger partial charge in [0.2, 0.25) is 0 Å². The van der Waals surface area contributed by atoms with E-state index in [1.54, 1.807) is 17.9 Å². The summed E-state index contributed by atoms with van der Waals surface area (Å²) in [6, 6.07) is 68.5. The van der Waals surface area contributed by atoms with Crippen LogP contribution in [0, 0.1) is 6.92 Å². The Bertz CT molecular complexity index is 2990. The standard InChI is InChI=1S/C18H35NO3.2C18H15S.C11H21NO3.C8H12O4.C8H8O3/c1-2-3-4-5-6-7-8-9-10-11-18(20)22-17-14-19-12-15-21-16-13-19;2*1-4-10-16(11-5-1)19(17-12-6-2-7-13-17)18-14-8-3-9-15-18;1-4-11(2,3)15-10(14)12-7-5-9(13)6-8-12;9-7(10)8(11)12-6-4-2-1-3-5-6;1-5-2-3-6(8(10)11)7(9)4-5/h2-17H2,1H3;2*1-15H;9,13H,4-8H2,1-3H3;6H,1-5H2,(H,9,10);2-4,9H,1H3,(H,10,11)/q;2*+1;;;/p-2. The summed E-state index contributed by atoms with van der Waals surface area (Å²) in [6.45, 7) is 15.9. The maximum Gasteiger partial charge on any atom is 0.410 e. The average molecular weight is 1380 g/mol. The molecule has 1 amide bonds. The third-order valence-electron chi connectivity index (χ3n) is 16.4. The Morgan fingerprint density at radius 3 is 1.35 bits per heavy atom. The van der Waals surface area contributed by atoms with E-state index in [9.17, 15) is 39.3 Å². The van der Waals surface area contributed by atoms with Crippen molar-refractivity contribution >= 4 is 51.8 Å². The van der Waals surface area contributed by atoms with Crippen molar-refractivity contribution in [3.05, 3.63) is 211 Å². The van der Waals surface area contributed by atoms with Gasteiger partial charge in [0.05, 0.1) is 46.7 Å². The van der Waals surface area contributed by atoms with E-state index in [-0.39, 0.29) is 51.6 Å². The lowest BCUT2D eigenvalue weighted by atomic mass is 9.98. The van der Waals surface area contributed by atoms with Crippen LogP contribution in [0.25, 0.3) is 0 Å². The first kappa shape index (κ1) is 80.7. The van der Waals surface area contributed by atoms with Crippen molar-refractivity contribution in [3.63, 3.8) is 0 Å². The molecule has 7 aromatic carbocycles. The summed E-state index contributed by atoms with van der Waals surface area (Å²) in [4.78, 5) is 66.3. The third-order valence-corrected chi connectivity index (χ3v) is 20.9. The highest BCUT2D eigenvalue weighted by Crippen LogP contribution is 2.32. The molecule has 2 N–H and O–H groups in total. The fourth-order valence-electron chi connectivity index (χ4n) is 10.5. The second-order valence-corrected chi connectivity index (χ2v) is 28.8. The maximum absolute atomic E-state index is 11.7. The van der Waals surface area contributed by atoms with Gasteiger partial charge in [-0.15, -0.1) is 0 Å². The Labute approximate surface area is 588 Å². The summed E-state index contributed by atoms with van der Waals surface area (Å²) in [5.74, 6) is -4.62. The molecule has 3 aliphatic rings. The minimum absolute atomic E-state index is 0.0146. The Morgan fingerprint density at radius 2 is 0.969 bits per heavy atom. The van der Waals surface area contributed by atoms with Crippen molar-refractivity contribution in [2.24, 2.45) is 0 Å². The van der Waals surface area contributed by atoms with Gasteiger partial charge in [-0.1, -0.05) is 204 Å². The molecule has 2 saturated heterocycles. The van der Waals surface area contributed by atoms with Crippen molar-refractivity contribution in [2.45, 2.75) is 197 Å². The molecule has 3 fully saturated rings. The second-order valence-electron chi connectivity index (χ2n) is 24.7. The van der Waals surface area contributed by atoms with Crippen molar-refractivity contribution in [2.75, 3.05) is 52.5 Å². The van der Waals surface area contributed by atoms with E-state index in [1.807, 2.05) is 20.8 Å². The molecule has 15 nitrogen and oxygen atoms in total. The number of morpholine rings is 1. The number of esters is 2. The van der Waals surface area contributed by atoms with E-state index in [0.29, 0.717) is 39.0 Å². The number of hydrogen-bond acceptors (Lipinski definition) is 13. The van der Waals surface area contributed by atoms with Gasteiger partial charge in [0.25, 0.3) is 0 Å².